The first-order valence-corrected chi connectivity index (χ1v) is 10.2. The fourth-order valence-electron chi connectivity index (χ4n) is 3.60. The normalized spacial score (nSPS) is 10.7. The van der Waals surface area contributed by atoms with Crippen molar-refractivity contribution < 1.29 is 9.47 Å². The molecule has 4 N–H and O–H groups in total. The summed E-state index contributed by atoms with van der Waals surface area (Å²) in [5.41, 5.74) is 10.2. The molecule has 0 radical (unpaired) electrons. The molecular formula is C23H26N8O2. The molecule has 3 heterocycles. The molecule has 0 aliphatic rings. The van der Waals surface area contributed by atoms with Gasteiger partial charge >= 0.3 is 0 Å². The SMILES string of the molecule is COc1cc(OC)c(C)c(Nc2ncccc2-c2cc(Nc3c(N)ncn3C)ncn2)c1C. The van der Waals surface area contributed by atoms with Crippen LogP contribution in [0, 0.1) is 13.8 Å². The molecule has 0 saturated carbocycles. The quantitative estimate of drug-likeness (QED) is 0.386. The molecule has 1 aromatic carbocycles. The van der Waals surface area contributed by atoms with Crippen LogP contribution in [0.2, 0.25) is 0 Å². The van der Waals surface area contributed by atoms with Gasteiger partial charge in [-0.1, -0.05) is 0 Å². The van der Waals surface area contributed by atoms with Gasteiger partial charge in [0.1, 0.15) is 29.5 Å². The van der Waals surface area contributed by atoms with Crippen LogP contribution in [0.15, 0.2) is 43.1 Å². The number of pyridine rings is 1. The molecule has 0 unspecified atom stereocenters. The number of rotatable bonds is 7. The molecule has 4 aromatic rings. The van der Waals surface area contributed by atoms with Gasteiger partial charge in [0.05, 0.1) is 31.9 Å². The highest BCUT2D eigenvalue weighted by atomic mass is 16.5. The van der Waals surface area contributed by atoms with E-state index in [9.17, 15) is 0 Å². The number of anilines is 5. The molecule has 0 saturated heterocycles. The van der Waals surface area contributed by atoms with Gasteiger partial charge in [-0.05, 0) is 26.0 Å². The fraction of sp³-hybridized carbons (Fsp3) is 0.217. The second kappa shape index (κ2) is 9.03. The Balaban J connectivity index is 1.73. The van der Waals surface area contributed by atoms with Crippen LogP contribution in [0.1, 0.15) is 11.1 Å². The van der Waals surface area contributed by atoms with Crippen LogP contribution >= 0.6 is 0 Å². The summed E-state index contributed by atoms with van der Waals surface area (Å²) in [7, 11) is 5.12. The van der Waals surface area contributed by atoms with Crippen LogP contribution < -0.4 is 25.8 Å². The van der Waals surface area contributed by atoms with E-state index in [1.807, 2.05) is 45.2 Å². The van der Waals surface area contributed by atoms with Crippen LogP contribution in [0.3, 0.4) is 0 Å². The maximum atomic E-state index is 5.95. The molecule has 0 aliphatic heterocycles. The van der Waals surface area contributed by atoms with Crippen LogP contribution in [0.25, 0.3) is 11.3 Å². The monoisotopic (exact) mass is 446 g/mol. The summed E-state index contributed by atoms with van der Waals surface area (Å²) in [6.07, 6.45) is 4.85. The molecule has 0 aliphatic carbocycles. The first kappa shape index (κ1) is 21.9. The highest BCUT2D eigenvalue weighted by molar-refractivity contribution is 5.81. The number of ether oxygens (including phenoxy) is 2. The minimum Gasteiger partial charge on any atom is -0.496 e. The van der Waals surface area contributed by atoms with Gasteiger partial charge < -0.3 is 30.4 Å². The van der Waals surface area contributed by atoms with Crippen molar-refractivity contribution in [1.82, 2.24) is 24.5 Å². The van der Waals surface area contributed by atoms with Crippen molar-refractivity contribution >= 4 is 29.0 Å². The molecule has 170 valence electrons. The molecule has 3 aromatic heterocycles. The molecule has 0 amide bonds. The molecule has 0 spiro atoms. The summed E-state index contributed by atoms with van der Waals surface area (Å²) in [6.45, 7) is 3.97. The minimum atomic E-state index is 0.388. The van der Waals surface area contributed by atoms with Gasteiger partial charge in [0.25, 0.3) is 0 Å². The number of hydrogen-bond donors (Lipinski definition) is 3. The Morgan fingerprint density at radius 3 is 2.30 bits per heavy atom. The summed E-state index contributed by atoms with van der Waals surface area (Å²) in [6, 6.07) is 7.52. The average Bonchev–Trinajstić information content (AvgIpc) is 3.14. The third kappa shape index (κ3) is 4.22. The van der Waals surface area contributed by atoms with Gasteiger partial charge in [0.2, 0.25) is 0 Å². The molecular weight excluding hydrogens is 420 g/mol. The first-order chi connectivity index (χ1) is 15.9. The van der Waals surface area contributed by atoms with Crippen molar-refractivity contribution in [3.63, 3.8) is 0 Å². The second-order valence-electron chi connectivity index (χ2n) is 7.43. The van der Waals surface area contributed by atoms with Gasteiger partial charge in [-0.2, -0.15) is 0 Å². The summed E-state index contributed by atoms with van der Waals surface area (Å²) in [5.74, 6) is 3.71. The molecule has 33 heavy (non-hydrogen) atoms. The molecule has 4 rings (SSSR count). The Kier molecular flexibility index (Phi) is 5.99. The third-order valence-electron chi connectivity index (χ3n) is 5.40. The lowest BCUT2D eigenvalue weighted by Gasteiger charge is -2.19. The number of imidazole rings is 1. The Hall–Kier alpha value is -4.34. The van der Waals surface area contributed by atoms with E-state index in [2.05, 4.69) is 30.6 Å². The van der Waals surface area contributed by atoms with Crippen molar-refractivity contribution in [2.45, 2.75) is 13.8 Å². The Morgan fingerprint density at radius 1 is 0.939 bits per heavy atom. The summed E-state index contributed by atoms with van der Waals surface area (Å²) >= 11 is 0. The fourth-order valence-corrected chi connectivity index (χ4v) is 3.60. The van der Waals surface area contributed by atoms with Gasteiger partial charge in [-0.3, -0.25) is 0 Å². The van der Waals surface area contributed by atoms with Crippen molar-refractivity contribution in [2.75, 3.05) is 30.6 Å². The van der Waals surface area contributed by atoms with E-state index in [1.54, 1.807) is 31.3 Å². The van der Waals surface area contributed by atoms with Crippen LogP contribution in [0.4, 0.5) is 29.0 Å². The Morgan fingerprint density at radius 2 is 1.67 bits per heavy atom. The predicted octanol–water partition coefficient (Wildman–Crippen LogP) is 3.98. The smallest absolute Gasteiger partial charge is 0.166 e. The topological polar surface area (TPSA) is 125 Å². The lowest BCUT2D eigenvalue weighted by molar-refractivity contribution is 0.391. The molecule has 0 fully saturated rings. The van der Waals surface area contributed by atoms with Crippen LogP contribution in [-0.2, 0) is 7.05 Å². The number of nitrogens with zero attached hydrogens (tertiary/aromatic N) is 5. The molecule has 10 heteroatoms. The minimum absolute atomic E-state index is 0.388. The van der Waals surface area contributed by atoms with E-state index in [1.165, 1.54) is 6.33 Å². The molecule has 10 nitrogen and oxygen atoms in total. The van der Waals surface area contributed by atoms with Crippen molar-refractivity contribution in [3.05, 3.63) is 54.2 Å². The number of hydrogen-bond acceptors (Lipinski definition) is 9. The van der Waals surface area contributed by atoms with Crippen molar-refractivity contribution in [3.8, 4) is 22.8 Å². The molecule has 0 atom stereocenters. The number of nitrogens with two attached hydrogens (primary N) is 1. The second-order valence-corrected chi connectivity index (χ2v) is 7.43. The van der Waals surface area contributed by atoms with Gasteiger partial charge in [-0.25, -0.2) is 19.9 Å². The van der Waals surface area contributed by atoms with E-state index in [-0.39, 0.29) is 0 Å². The predicted molar refractivity (Wildman–Crippen MR) is 128 cm³/mol. The number of aryl methyl sites for hydroxylation is 1. The van der Waals surface area contributed by atoms with Crippen molar-refractivity contribution in [1.29, 1.82) is 0 Å². The number of nitrogens with one attached hydrogen (secondary N) is 2. The maximum absolute atomic E-state index is 5.95. The Labute approximate surface area is 191 Å². The van der Waals surface area contributed by atoms with Crippen LogP contribution in [0.5, 0.6) is 11.5 Å². The molecule has 0 bridgehead atoms. The summed E-state index contributed by atoms with van der Waals surface area (Å²) < 4.78 is 12.9. The van der Waals surface area contributed by atoms with E-state index in [4.69, 9.17) is 15.2 Å². The van der Waals surface area contributed by atoms with E-state index in [0.717, 1.165) is 33.9 Å². The maximum Gasteiger partial charge on any atom is 0.166 e. The van der Waals surface area contributed by atoms with Gasteiger partial charge in [-0.15, -0.1) is 0 Å². The van der Waals surface area contributed by atoms with Gasteiger partial charge in [0.15, 0.2) is 11.6 Å². The summed E-state index contributed by atoms with van der Waals surface area (Å²) in [4.78, 5) is 17.4. The zero-order valence-corrected chi connectivity index (χ0v) is 19.2. The number of nitrogen functional groups attached to an aromatic ring is 1. The lowest BCUT2D eigenvalue weighted by Crippen LogP contribution is -2.05. The number of methoxy groups -OCH3 is 2. The van der Waals surface area contributed by atoms with E-state index in [0.29, 0.717) is 29.0 Å². The number of benzene rings is 1. The first-order valence-electron chi connectivity index (χ1n) is 10.2. The standard InChI is InChI=1S/C23H26N8O2/c1-13-17(32-4)10-18(33-5)14(2)20(13)30-22-15(7-6-8-25-22)16-9-19(27-11-26-16)29-23-21(24)28-12-31(23)3/h6-12H,24H2,1-5H3,(H,25,30)(H,26,27,29). The van der Waals surface area contributed by atoms with E-state index >= 15 is 0 Å². The zero-order chi connectivity index (χ0) is 23.5. The average molecular weight is 447 g/mol. The summed E-state index contributed by atoms with van der Waals surface area (Å²) in [5, 5.41) is 6.65. The van der Waals surface area contributed by atoms with Gasteiger partial charge in [0, 0.05) is 42.1 Å². The lowest BCUT2D eigenvalue weighted by atomic mass is 10.1. The van der Waals surface area contributed by atoms with Crippen molar-refractivity contribution in [2.24, 2.45) is 7.05 Å². The largest absolute Gasteiger partial charge is 0.496 e. The number of aromatic nitrogens is 5. The highest BCUT2D eigenvalue weighted by Crippen LogP contribution is 2.39. The zero-order valence-electron chi connectivity index (χ0n) is 19.2. The van der Waals surface area contributed by atoms with Crippen LogP contribution in [-0.4, -0.2) is 38.7 Å². The Bertz CT molecular complexity index is 1250. The van der Waals surface area contributed by atoms with E-state index < -0.39 is 0 Å². The highest BCUT2D eigenvalue weighted by Gasteiger charge is 2.17. The third-order valence-corrected chi connectivity index (χ3v) is 5.40.